The van der Waals surface area contributed by atoms with Gasteiger partial charge < -0.3 is 30.6 Å². The highest BCUT2D eigenvalue weighted by Crippen LogP contribution is 2.40. The molecule has 4 aromatic rings. The molecule has 0 aliphatic rings. The Balaban J connectivity index is 2.18. The maximum atomic E-state index is 12.2. The van der Waals surface area contributed by atoms with E-state index in [1.807, 2.05) is 0 Å². The van der Waals surface area contributed by atoms with Crippen LogP contribution in [-0.2, 0) is 0 Å². The van der Waals surface area contributed by atoms with Crippen molar-refractivity contribution in [3.05, 3.63) is 106 Å². The van der Waals surface area contributed by atoms with Crippen LogP contribution in [0.5, 0.6) is 0 Å². The fourth-order valence-electron chi connectivity index (χ4n) is 4.45. The van der Waals surface area contributed by atoms with Crippen molar-refractivity contribution < 1.29 is 59.4 Å². The van der Waals surface area contributed by atoms with Crippen LogP contribution in [0, 0.1) is 0 Å². The molecule has 0 aliphatic carbocycles. The summed E-state index contributed by atoms with van der Waals surface area (Å²) in [7, 11) is 0. The minimum atomic E-state index is -1.48. The van der Waals surface area contributed by atoms with E-state index < -0.39 is 41.4 Å². The molecule has 4 aromatic carbocycles. The summed E-state index contributed by atoms with van der Waals surface area (Å²) in [6, 6.07) is 13.4. The monoisotopic (exact) mass is 570 g/mol. The van der Waals surface area contributed by atoms with Gasteiger partial charge in [-0.15, -0.1) is 0 Å². The predicted octanol–water partition coefficient (Wildman–Crippen LogP) is 4.88. The van der Waals surface area contributed by atoms with Crippen LogP contribution < -0.4 is 0 Å². The third-order valence-corrected chi connectivity index (χ3v) is 6.40. The summed E-state index contributed by atoms with van der Waals surface area (Å²) >= 11 is 0. The zero-order chi connectivity index (χ0) is 30.9. The number of hydrogen-bond acceptors (Lipinski definition) is 6. The number of carbonyl (C=O) groups is 6. The Kier molecular flexibility index (Phi) is 7.56. The van der Waals surface area contributed by atoms with Gasteiger partial charge in [0.25, 0.3) is 0 Å². The van der Waals surface area contributed by atoms with Crippen molar-refractivity contribution >= 4 is 35.8 Å². The van der Waals surface area contributed by atoms with E-state index in [4.69, 9.17) is 0 Å². The Morgan fingerprint density at radius 3 is 1.07 bits per heavy atom. The Labute approximate surface area is 235 Å². The van der Waals surface area contributed by atoms with Gasteiger partial charge in [0.1, 0.15) is 0 Å². The van der Waals surface area contributed by atoms with E-state index in [0.717, 1.165) is 54.6 Å². The minimum Gasteiger partial charge on any atom is -0.478 e. The maximum Gasteiger partial charge on any atom is 0.336 e. The average Bonchev–Trinajstić information content (AvgIpc) is 2.95. The minimum absolute atomic E-state index is 0.0180. The van der Waals surface area contributed by atoms with Crippen molar-refractivity contribution in [2.24, 2.45) is 0 Å². The van der Waals surface area contributed by atoms with Gasteiger partial charge in [0.05, 0.1) is 33.4 Å². The first kappa shape index (κ1) is 28.7. The highest BCUT2D eigenvalue weighted by atomic mass is 16.4. The lowest BCUT2D eigenvalue weighted by atomic mass is 9.85. The summed E-state index contributed by atoms with van der Waals surface area (Å²) in [4.78, 5) is 71.4. The number of benzene rings is 4. The Morgan fingerprint density at radius 1 is 0.333 bits per heavy atom. The molecule has 6 N–H and O–H groups in total. The molecule has 0 amide bonds. The summed E-state index contributed by atoms with van der Waals surface area (Å²) in [6.45, 7) is 0. The molecule has 0 atom stereocenters. The van der Waals surface area contributed by atoms with Crippen molar-refractivity contribution in [2.75, 3.05) is 0 Å². The van der Waals surface area contributed by atoms with Crippen molar-refractivity contribution in [1.29, 1.82) is 0 Å². The summed E-state index contributed by atoms with van der Waals surface area (Å²) < 4.78 is 0. The Bertz CT molecular complexity index is 1850. The zero-order valence-corrected chi connectivity index (χ0v) is 21.1. The molecule has 12 nitrogen and oxygen atoms in total. The fraction of sp³-hybridized carbons (Fsp3) is 0. The number of hydrogen-bond donors (Lipinski definition) is 6. The Morgan fingerprint density at radius 2 is 0.690 bits per heavy atom. The molecule has 4 rings (SSSR count). The normalized spacial score (nSPS) is 10.6. The summed E-state index contributed by atoms with van der Waals surface area (Å²) in [5, 5.41) is 58.1. The third-order valence-electron chi connectivity index (χ3n) is 6.40. The molecule has 0 unspecified atom stereocenters. The first-order valence-electron chi connectivity index (χ1n) is 11.8. The predicted molar refractivity (Wildman–Crippen MR) is 145 cm³/mol. The van der Waals surface area contributed by atoms with Gasteiger partial charge in [0.15, 0.2) is 0 Å². The quantitative estimate of drug-likeness (QED) is 0.158. The van der Waals surface area contributed by atoms with Crippen LogP contribution in [0.2, 0.25) is 0 Å². The molecule has 0 radical (unpaired) electrons. The smallest absolute Gasteiger partial charge is 0.336 e. The van der Waals surface area contributed by atoms with Gasteiger partial charge in [-0.25, -0.2) is 28.8 Å². The molecule has 0 fully saturated rings. The molecule has 210 valence electrons. The van der Waals surface area contributed by atoms with E-state index in [1.165, 1.54) is 18.2 Å². The second-order valence-electron chi connectivity index (χ2n) is 8.87. The van der Waals surface area contributed by atoms with Crippen LogP contribution in [0.15, 0.2) is 72.8 Å². The van der Waals surface area contributed by atoms with Crippen LogP contribution in [0.4, 0.5) is 0 Å². The Hall–Kier alpha value is -6.30. The zero-order valence-electron chi connectivity index (χ0n) is 21.1. The third kappa shape index (κ3) is 5.40. The van der Waals surface area contributed by atoms with Crippen molar-refractivity contribution in [1.82, 2.24) is 0 Å². The number of carboxylic acid groups (broad SMARTS) is 6. The number of carboxylic acids is 6. The van der Waals surface area contributed by atoms with Crippen molar-refractivity contribution in [3.63, 3.8) is 0 Å². The summed E-state index contributed by atoms with van der Waals surface area (Å²) in [6.07, 6.45) is 0. The van der Waals surface area contributed by atoms with Gasteiger partial charge in [0, 0.05) is 0 Å². The van der Waals surface area contributed by atoms with E-state index in [-0.39, 0.29) is 61.2 Å². The molecule has 0 aromatic heterocycles. The largest absolute Gasteiger partial charge is 0.478 e. The molecule has 0 aliphatic heterocycles. The van der Waals surface area contributed by atoms with Gasteiger partial charge in [-0.05, 0) is 94.0 Å². The topological polar surface area (TPSA) is 224 Å². The molecular weight excluding hydrogens is 552 g/mol. The molecular formula is C30H18O12. The van der Waals surface area contributed by atoms with Crippen LogP contribution in [-0.4, -0.2) is 66.5 Å². The van der Waals surface area contributed by atoms with E-state index in [0.29, 0.717) is 0 Å². The highest BCUT2D eigenvalue weighted by Gasteiger charge is 2.24. The molecule has 42 heavy (non-hydrogen) atoms. The second-order valence-corrected chi connectivity index (χ2v) is 8.87. The van der Waals surface area contributed by atoms with Gasteiger partial charge in [-0.1, -0.05) is 12.1 Å². The lowest BCUT2D eigenvalue weighted by Gasteiger charge is -2.18. The van der Waals surface area contributed by atoms with Gasteiger partial charge >= 0.3 is 35.8 Å². The fourth-order valence-corrected chi connectivity index (χ4v) is 4.45. The second kappa shape index (κ2) is 11.1. The number of aromatic carboxylic acids is 6. The van der Waals surface area contributed by atoms with Crippen LogP contribution >= 0.6 is 0 Å². The molecule has 12 heteroatoms. The standard InChI is InChI=1S/C30H18O12/c31-25(32)14-2-6-18(28(37)38)21(10-14)13-1-5-17(22-11-15(26(33)34)3-7-19(22)29(39)40)23(9-13)24-12-16(27(35)36)4-8-20(24)30(41)42/h1-12H,(H,31,32)(H,33,34)(H,35,36)(H,37,38)(H,39,40)(H,41,42). The number of rotatable bonds is 9. The maximum absolute atomic E-state index is 12.2. The average molecular weight is 570 g/mol. The first-order chi connectivity index (χ1) is 19.8. The lowest BCUT2D eigenvalue weighted by molar-refractivity contribution is 0.0681. The summed E-state index contributed by atoms with van der Waals surface area (Å²) in [5.74, 6) is -8.49. The molecule has 0 heterocycles. The molecule has 0 saturated heterocycles. The van der Waals surface area contributed by atoms with Gasteiger partial charge in [0.2, 0.25) is 0 Å². The van der Waals surface area contributed by atoms with Crippen molar-refractivity contribution in [3.8, 4) is 33.4 Å². The molecule has 0 saturated carbocycles. The van der Waals surface area contributed by atoms with E-state index in [9.17, 15) is 59.4 Å². The molecule has 0 bridgehead atoms. The first-order valence-corrected chi connectivity index (χ1v) is 11.8. The van der Waals surface area contributed by atoms with Gasteiger partial charge in [-0.3, -0.25) is 0 Å². The van der Waals surface area contributed by atoms with Crippen LogP contribution in [0.3, 0.4) is 0 Å². The summed E-state index contributed by atoms with van der Waals surface area (Å²) in [5.41, 5.74) is -2.45. The van der Waals surface area contributed by atoms with E-state index in [2.05, 4.69) is 0 Å². The molecule has 0 spiro atoms. The van der Waals surface area contributed by atoms with Crippen LogP contribution in [0.1, 0.15) is 62.1 Å². The highest BCUT2D eigenvalue weighted by molar-refractivity contribution is 6.06. The van der Waals surface area contributed by atoms with Crippen LogP contribution in [0.25, 0.3) is 33.4 Å². The SMILES string of the molecule is O=C(O)c1ccc(C(=O)O)c(-c2ccc(-c3cc(C(=O)O)ccc3C(=O)O)c(-c3cc(C(=O)O)ccc3C(=O)O)c2)c1. The van der Waals surface area contributed by atoms with E-state index in [1.54, 1.807) is 0 Å². The van der Waals surface area contributed by atoms with E-state index >= 15 is 0 Å². The van der Waals surface area contributed by atoms with Crippen molar-refractivity contribution in [2.45, 2.75) is 0 Å². The lowest BCUT2D eigenvalue weighted by Crippen LogP contribution is -2.07. The van der Waals surface area contributed by atoms with Gasteiger partial charge in [-0.2, -0.15) is 0 Å².